The normalized spacial score (nSPS) is 10.8. The fourth-order valence-corrected chi connectivity index (χ4v) is 2.65. The molecule has 0 aliphatic carbocycles. The Labute approximate surface area is 123 Å². The second kappa shape index (κ2) is 5.09. The highest BCUT2D eigenvalue weighted by molar-refractivity contribution is 5.91. The molecule has 0 saturated heterocycles. The number of pyridine rings is 1. The van der Waals surface area contributed by atoms with E-state index in [0.29, 0.717) is 5.69 Å². The fraction of sp³-hybridized carbons (Fsp3) is 0.167. The van der Waals surface area contributed by atoms with Crippen LogP contribution in [0.4, 0.5) is 0 Å². The minimum Gasteiger partial charge on any atom is -0.496 e. The van der Waals surface area contributed by atoms with Crippen LogP contribution in [-0.2, 0) is 0 Å². The van der Waals surface area contributed by atoms with Crippen molar-refractivity contribution in [2.75, 3.05) is 7.11 Å². The number of hydrogen-bond acceptors (Lipinski definition) is 2. The highest BCUT2D eigenvalue weighted by Crippen LogP contribution is 2.35. The van der Waals surface area contributed by atoms with Gasteiger partial charge >= 0.3 is 0 Å². The van der Waals surface area contributed by atoms with Crippen molar-refractivity contribution in [1.29, 1.82) is 0 Å². The van der Waals surface area contributed by atoms with Crippen LogP contribution in [0, 0.1) is 13.8 Å². The van der Waals surface area contributed by atoms with Gasteiger partial charge in [-0.05, 0) is 55.3 Å². The van der Waals surface area contributed by atoms with Gasteiger partial charge in [-0.2, -0.15) is 0 Å². The molecule has 0 amide bonds. The zero-order valence-corrected chi connectivity index (χ0v) is 12.4. The van der Waals surface area contributed by atoms with Crippen LogP contribution in [0.2, 0.25) is 0 Å². The third kappa shape index (κ3) is 2.11. The molecule has 3 heteroatoms. The number of carbonyl (C=O) groups excluding carboxylic acids is 1. The molecule has 3 aromatic rings. The minimum atomic E-state index is 0.646. The Morgan fingerprint density at radius 3 is 2.52 bits per heavy atom. The van der Waals surface area contributed by atoms with Gasteiger partial charge in [0.2, 0.25) is 0 Å². The molecular formula is C18H17NO2. The van der Waals surface area contributed by atoms with Crippen molar-refractivity contribution in [3.05, 3.63) is 59.4 Å². The maximum atomic E-state index is 11.6. The van der Waals surface area contributed by atoms with Crippen molar-refractivity contribution in [2.45, 2.75) is 13.8 Å². The second-order valence-electron chi connectivity index (χ2n) is 5.19. The molecule has 21 heavy (non-hydrogen) atoms. The summed E-state index contributed by atoms with van der Waals surface area (Å²) in [6.45, 7) is 4.12. The molecule has 1 aromatic carbocycles. The number of nitrogens with zero attached hydrogens (tertiary/aromatic N) is 1. The van der Waals surface area contributed by atoms with Crippen molar-refractivity contribution in [3.63, 3.8) is 0 Å². The minimum absolute atomic E-state index is 0.646. The molecule has 0 unspecified atom stereocenters. The summed E-state index contributed by atoms with van der Waals surface area (Å²) in [6.07, 6.45) is 2.80. The predicted octanol–water partition coefficient (Wildman–Crippen LogP) is 4.04. The highest BCUT2D eigenvalue weighted by atomic mass is 16.5. The van der Waals surface area contributed by atoms with Gasteiger partial charge in [0.05, 0.1) is 12.8 Å². The van der Waals surface area contributed by atoms with E-state index in [2.05, 4.69) is 19.9 Å². The topological polar surface area (TPSA) is 30.7 Å². The van der Waals surface area contributed by atoms with E-state index in [-0.39, 0.29) is 0 Å². The number of rotatable bonds is 3. The van der Waals surface area contributed by atoms with Gasteiger partial charge in [-0.1, -0.05) is 6.07 Å². The van der Waals surface area contributed by atoms with Crippen LogP contribution in [0.5, 0.6) is 5.75 Å². The monoisotopic (exact) mass is 279 g/mol. The van der Waals surface area contributed by atoms with E-state index in [1.165, 1.54) is 11.1 Å². The molecule has 0 saturated carbocycles. The summed E-state index contributed by atoms with van der Waals surface area (Å²) in [5, 5.41) is 0. The van der Waals surface area contributed by atoms with E-state index in [4.69, 9.17) is 4.74 Å². The first-order valence-corrected chi connectivity index (χ1v) is 6.86. The molecule has 3 rings (SSSR count). The molecule has 0 spiro atoms. The largest absolute Gasteiger partial charge is 0.496 e. The molecule has 0 N–H and O–H groups in total. The van der Waals surface area contributed by atoms with E-state index in [1.807, 2.05) is 40.9 Å². The predicted molar refractivity (Wildman–Crippen MR) is 84.2 cm³/mol. The quantitative estimate of drug-likeness (QED) is 0.677. The lowest BCUT2D eigenvalue weighted by Gasteiger charge is -2.11. The smallest absolute Gasteiger partial charge is 0.167 e. The van der Waals surface area contributed by atoms with E-state index >= 15 is 0 Å². The number of fused-ring (bicyclic) bond motifs is 1. The lowest BCUT2D eigenvalue weighted by atomic mass is 9.99. The number of aldehydes is 1. The summed E-state index contributed by atoms with van der Waals surface area (Å²) in [4.78, 5) is 11.6. The molecule has 3 nitrogen and oxygen atoms in total. The van der Waals surface area contributed by atoms with Gasteiger partial charge in [0.25, 0.3) is 0 Å². The summed E-state index contributed by atoms with van der Waals surface area (Å²) < 4.78 is 7.41. The standard InChI is InChI=1S/C18H17NO2/c1-12-8-16(18(21-3)9-13(12)2)15-10-14-6-4-5-7-19(14)17(15)11-20/h4-11H,1-3H3. The Morgan fingerprint density at radius 1 is 1.05 bits per heavy atom. The third-order valence-corrected chi connectivity index (χ3v) is 3.94. The van der Waals surface area contributed by atoms with E-state index in [1.54, 1.807) is 7.11 Å². The van der Waals surface area contributed by atoms with Crippen LogP contribution in [-0.4, -0.2) is 17.8 Å². The summed E-state index contributed by atoms with van der Waals surface area (Å²) in [7, 11) is 1.66. The summed E-state index contributed by atoms with van der Waals surface area (Å²) >= 11 is 0. The first kappa shape index (κ1) is 13.4. The van der Waals surface area contributed by atoms with Crippen molar-refractivity contribution >= 4 is 11.8 Å². The first-order valence-electron chi connectivity index (χ1n) is 6.86. The van der Waals surface area contributed by atoms with Gasteiger partial charge in [-0.25, -0.2) is 0 Å². The Hall–Kier alpha value is -2.55. The Balaban J connectivity index is 2.35. The number of aryl methyl sites for hydroxylation is 2. The zero-order valence-electron chi connectivity index (χ0n) is 12.4. The number of ether oxygens (including phenoxy) is 1. The van der Waals surface area contributed by atoms with Crippen molar-refractivity contribution in [1.82, 2.24) is 4.40 Å². The number of aromatic nitrogens is 1. The van der Waals surface area contributed by atoms with Gasteiger partial charge in [0.15, 0.2) is 6.29 Å². The van der Waals surface area contributed by atoms with Gasteiger partial charge in [0.1, 0.15) is 5.75 Å². The molecule has 0 aliphatic heterocycles. The molecule has 0 aliphatic rings. The van der Waals surface area contributed by atoms with Gasteiger partial charge in [0, 0.05) is 22.8 Å². The van der Waals surface area contributed by atoms with Crippen molar-refractivity contribution in [3.8, 4) is 16.9 Å². The van der Waals surface area contributed by atoms with Crippen LogP contribution >= 0.6 is 0 Å². The van der Waals surface area contributed by atoms with Gasteiger partial charge in [-0.15, -0.1) is 0 Å². The lowest BCUT2D eigenvalue weighted by molar-refractivity contribution is 0.111. The molecule has 0 bridgehead atoms. The number of hydrogen-bond donors (Lipinski definition) is 0. The molecule has 0 fully saturated rings. The van der Waals surface area contributed by atoms with Crippen LogP contribution in [0.25, 0.3) is 16.6 Å². The van der Waals surface area contributed by atoms with Gasteiger partial charge < -0.3 is 9.14 Å². The number of benzene rings is 1. The van der Waals surface area contributed by atoms with E-state index < -0.39 is 0 Å². The highest BCUT2D eigenvalue weighted by Gasteiger charge is 2.16. The van der Waals surface area contributed by atoms with Crippen LogP contribution in [0.15, 0.2) is 42.6 Å². The average molecular weight is 279 g/mol. The Kier molecular flexibility index (Phi) is 3.26. The molecule has 2 aromatic heterocycles. The zero-order chi connectivity index (χ0) is 15.0. The molecule has 106 valence electrons. The van der Waals surface area contributed by atoms with Crippen LogP contribution in [0.3, 0.4) is 0 Å². The maximum Gasteiger partial charge on any atom is 0.167 e. The summed E-state index contributed by atoms with van der Waals surface area (Å²) in [5.74, 6) is 0.789. The van der Waals surface area contributed by atoms with Crippen molar-refractivity contribution in [2.24, 2.45) is 0 Å². The SMILES string of the molecule is COc1cc(C)c(C)cc1-c1cc2ccccn2c1C=O. The lowest BCUT2D eigenvalue weighted by Crippen LogP contribution is -1.95. The van der Waals surface area contributed by atoms with Crippen molar-refractivity contribution < 1.29 is 9.53 Å². The van der Waals surface area contributed by atoms with Crippen LogP contribution in [0.1, 0.15) is 21.6 Å². The Morgan fingerprint density at radius 2 is 1.81 bits per heavy atom. The first-order chi connectivity index (χ1) is 10.2. The maximum absolute atomic E-state index is 11.6. The Bertz CT molecular complexity index is 831. The number of methoxy groups -OCH3 is 1. The molecule has 0 atom stereocenters. The molecule has 0 radical (unpaired) electrons. The average Bonchev–Trinajstić information content (AvgIpc) is 2.87. The molecule has 2 heterocycles. The van der Waals surface area contributed by atoms with Gasteiger partial charge in [-0.3, -0.25) is 4.79 Å². The number of carbonyl (C=O) groups is 1. The second-order valence-corrected chi connectivity index (χ2v) is 5.19. The summed E-state index contributed by atoms with van der Waals surface area (Å²) in [5.41, 5.74) is 5.84. The van der Waals surface area contributed by atoms with Crippen LogP contribution < -0.4 is 4.74 Å². The fourth-order valence-electron chi connectivity index (χ4n) is 2.65. The molecular weight excluding hydrogens is 262 g/mol. The van der Waals surface area contributed by atoms with E-state index in [0.717, 1.165) is 28.7 Å². The van der Waals surface area contributed by atoms with E-state index in [9.17, 15) is 4.79 Å². The third-order valence-electron chi connectivity index (χ3n) is 3.94. The summed E-state index contributed by atoms with van der Waals surface area (Å²) in [6, 6.07) is 12.0.